The maximum atomic E-state index is 13.5. The van der Waals surface area contributed by atoms with Gasteiger partial charge in [-0.05, 0) is 61.7 Å². The largest absolute Gasteiger partial charge is 0.454 e. The van der Waals surface area contributed by atoms with Crippen LogP contribution >= 0.6 is 0 Å². The molecule has 3 atom stereocenters. The number of carbonyl (C=O) groups is 1. The van der Waals surface area contributed by atoms with E-state index in [0.29, 0.717) is 30.7 Å². The van der Waals surface area contributed by atoms with Gasteiger partial charge < -0.3 is 18.9 Å². The Morgan fingerprint density at radius 3 is 2.68 bits per heavy atom. The third kappa shape index (κ3) is 2.27. The Labute approximate surface area is 164 Å². The van der Waals surface area contributed by atoms with Gasteiger partial charge in [0, 0.05) is 31.7 Å². The number of piperidine rings is 3. The third-order valence-corrected chi connectivity index (χ3v) is 7.24. The highest BCUT2D eigenvalue weighted by Gasteiger charge is 2.55. The number of ether oxygens (including phenoxy) is 2. The van der Waals surface area contributed by atoms with E-state index in [1.165, 1.54) is 18.4 Å². The Kier molecular flexibility index (Phi) is 3.54. The predicted octanol–water partition coefficient (Wildman–Crippen LogP) is 2.46. The molecule has 0 N–H and O–H groups in total. The van der Waals surface area contributed by atoms with Crippen LogP contribution in [0.5, 0.6) is 11.5 Å². The molecule has 1 aromatic heterocycles. The van der Waals surface area contributed by atoms with Crippen LogP contribution in [0.4, 0.5) is 0 Å². The molecule has 2 aromatic rings. The van der Waals surface area contributed by atoms with Gasteiger partial charge in [0.25, 0.3) is 5.91 Å². The van der Waals surface area contributed by atoms with Crippen molar-refractivity contribution in [1.82, 2.24) is 14.4 Å². The number of benzene rings is 1. The maximum Gasteiger partial charge on any atom is 0.270 e. The van der Waals surface area contributed by atoms with Gasteiger partial charge in [-0.1, -0.05) is 6.07 Å². The van der Waals surface area contributed by atoms with Crippen molar-refractivity contribution in [3.05, 3.63) is 47.8 Å². The van der Waals surface area contributed by atoms with Gasteiger partial charge in [-0.15, -0.1) is 0 Å². The molecule has 4 fully saturated rings. The van der Waals surface area contributed by atoms with Gasteiger partial charge in [-0.2, -0.15) is 0 Å². The smallest absolute Gasteiger partial charge is 0.270 e. The van der Waals surface area contributed by atoms with Gasteiger partial charge in [0.15, 0.2) is 11.5 Å². The molecule has 0 spiro atoms. The molecule has 7 rings (SSSR count). The molecule has 2 bridgehead atoms. The number of amides is 1. The van der Waals surface area contributed by atoms with E-state index in [1.807, 2.05) is 36.0 Å². The topological polar surface area (TPSA) is 46.9 Å². The van der Waals surface area contributed by atoms with Crippen LogP contribution in [0.3, 0.4) is 0 Å². The minimum atomic E-state index is 0.166. The van der Waals surface area contributed by atoms with Gasteiger partial charge in [-0.25, -0.2) is 0 Å². The number of aryl methyl sites for hydroxylation is 1. The Morgan fingerprint density at radius 1 is 1.07 bits per heavy atom. The minimum Gasteiger partial charge on any atom is -0.454 e. The SMILES string of the molecule is Cn1cccc1C(=O)N1C[C@H](c2ccc3c(c2)OCO3)[C@H]2[C@@H]1C1CCN2CC1. The molecule has 1 aromatic carbocycles. The first-order valence-corrected chi connectivity index (χ1v) is 10.3. The lowest BCUT2D eigenvalue weighted by molar-refractivity contribution is -0.00369. The summed E-state index contributed by atoms with van der Waals surface area (Å²) in [6.45, 7) is 3.37. The second kappa shape index (κ2) is 6.01. The molecule has 0 unspecified atom stereocenters. The van der Waals surface area contributed by atoms with Gasteiger partial charge in [0.2, 0.25) is 6.79 Å². The predicted molar refractivity (Wildman–Crippen MR) is 104 cm³/mol. The summed E-state index contributed by atoms with van der Waals surface area (Å²) in [6, 6.07) is 10.9. The summed E-state index contributed by atoms with van der Waals surface area (Å²) in [5.74, 6) is 2.74. The lowest BCUT2D eigenvalue weighted by Gasteiger charge is -2.51. The first-order chi connectivity index (χ1) is 13.7. The normalized spacial score (nSPS) is 32.6. The average molecular weight is 379 g/mol. The molecule has 6 nitrogen and oxygen atoms in total. The standard InChI is InChI=1S/C22H25N3O3/c1-23-8-2-3-17(23)22(26)25-12-16(15-4-5-18-19(11-15)28-13-27-18)21-20(25)14-6-9-24(21)10-7-14/h2-5,8,11,14,16,20-21H,6-7,9-10,12-13H2,1H3/t16-,20+,21+/m1/s1. The quantitative estimate of drug-likeness (QED) is 0.804. The van der Waals surface area contributed by atoms with Crippen molar-refractivity contribution in [2.24, 2.45) is 13.0 Å². The molecule has 146 valence electrons. The summed E-state index contributed by atoms with van der Waals surface area (Å²) in [5, 5.41) is 0. The first kappa shape index (κ1) is 16.5. The molecule has 6 heteroatoms. The van der Waals surface area contributed by atoms with Crippen molar-refractivity contribution in [3.63, 3.8) is 0 Å². The molecule has 0 aliphatic carbocycles. The average Bonchev–Trinajstić information content (AvgIpc) is 3.46. The first-order valence-electron chi connectivity index (χ1n) is 10.3. The van der Waals surface area contributed by atoms with Crippen LogP contribution < -0.4 is 9.47 Å². The van der Waals surface area contributed by atoms with E-state index in [2.05, 4.69) is 21.9 Å². The van der Waals surface area contributed by atoms with Crippen LogP contribution in [0, 0.1) is 5.92 Å². The van der Waals surface area contributed by atoms with Crippen molar-refractivity contribution in [2.75, 3.05) is 26.4 Å². The zero-order chi connectivity index (χ0) is 18.8. The van der Waals surface area contributed by atoms with Gasteiger partial charge in [-0.3, -0.25) is 9.69 Å². The number of nitrogens with zero attached hydrogens (tertiary/aromatic N) is 3. The molecule has 4 saturated heterocycles. The summed E-state index contributed by atoms with van der Waals surface area (Å²) < 4.78 is 13.1. The molecule has 0 saturated carbocycles. The summed E-state index contributed by atoms with van der Waals surface area (Å²) in [6.07, 6.45) is 4.35. The summed E-state index contributed by atoms with van der Waals surface area (Å²) in [7, 11) is 1.95. The number of likely N-dealkylation sites (tertiary alicyclic amines) is 1. The van der Waals surface area contributed by atoms with E-state index in [-0.39, 0.29) is 5.91 Å². The molecule has 0 radical (unpaired) electrons. The highest BCUT2D eigenvalue weighted by Crippen LogP contribution is 2.48. The van der Waals surface area contributed by atoms with E-state index < -0.39 is 0 Å². The Morgan fingerprint density at radius 2 is 1.89 bits per heavy atom. The van der Waals surface area contributed by atoms with Crippen molar-refractivity contribution < 1.29 is 14.3 Å². The fraction of sp³-hybridized carbons (Fsp3) is 0.500. The Bertz CT molecular complexity index is 931. The monoisotopic (exact) mass is 379 g/mol. The highest BCUT2D eigenvalue weighted by molar-refractivity contribution is 5.93. The third-order valence-electron chi connectivity index (χ3n) is 7.24. The van der Waals surface area contributed by atoms with Crippen LogP contribution in [-0.4, -0.2) is 58.8 Å². The number of fused-ring (bicyclic) bond motifs is 3. The fourth-order valence-corrected chi connectivity index (χ4v) is 5.92. The second-order valence-electron chi connectivity index (χ2n) is 8.54. The van der Waals surface area contributed by atoms with E-state index in [1.54, 1.807) is 0 Å². The fourth-order valence-electron chi connectivity index (χ4n) is 5.92. The number of aromatic nitrogens is 1. The number of hydrogen-bond donors (Lipinski definition) is 0. The zero-order valence-corrected chi connectivity index (χ0v) is 16.1. The van der Waals surface area contributed by atoms with Gasteiger partial charge in [0.05, 0.1) is 6.04 Å². The van der Waals surface area contributed by atoms with Gasteiger partial charge in [0.1, 0.15) is 5.69 Å². The Balaban J connectivity index is 1.39. The van der Waals surface area contributed by atoms with Crippen LogP contribution in [0.15, 0.2) is 36.5 Å². The van der Waals surface area contributed by atoms with E-state index in [4.69, 9.17) is 9.47 Å². The van der Waals surface area contributed by atoms with E-state index in [0.717, 1.165) is 36.8 Å². The summed E-state index contributed by atoms with van der Waals surface area (Å²) in [5.41, 5.74) is 2.04. The lowest BCUT2D eigenvalue weighted by atomic mass is 9.75. The molecule has 5 aliphatic heterocycles. The van der Waals surface area contributed by atoms with Crippen LogP contribution in [0.2, 0.25) is 0 Å². The summed E-state index contributed by atoms with van der Waals surface area (Å²) >= 11 is 0. The maximum absolute atomic E-state index is 13.5. The molecular weight excluding hydrogens is 354 g/mol. The van der Waals surface area contributed by atoms with Crippen LogP contribution in [-0.2, 0) is 7.05 Å². The second-order valence-corrected chi connectivity index (χ2v) is 8.54. The summed E-state index contributed by atoms with van der Waals surface area (Å²) in [4.78, 5) is 18.3. The number of carbonyl (C=O) groups excluding carboxylic acids is 1. The van der Waals surface area contributed by atoms with E-state index >= 15 is 0 Å². The molecule has 1 amide bonds. The highest BCUT2D eigenvalue weighted by atomic mass is 16.7. The van der Waals surface area contributed by atoms with Crippen molar-refractivity contribution >= 4 is 5.91 Å². The number of hydrogen-bond acceptors (Lipinski definition) is 4. The molecule has 5 aliphatic rings. The van der Waals surface area contributed by atoms with Crippen molar-refractivity contribution in [1.29, 1.82) is 0 Å². The lowest BCUT2D eigenvalue weighted by Crippen LogP contribution is -2.60. The zero-order valence-electron chi connectivity index (χ0n) is 16.1. The molecule has 6 heterocycles. The van der Waals surface area contributed by atoms with Crippen molar-refractivity contribution in [2.45, 2.75) is 30.8 Å². The molecule has 28 heavy (non-hydrogen) atoms. The van der Waals surface area contributed by atoms with Gasteiger partial charge >= 0.3 is 0 Å². The van der Waals surface area contributed by atoms with Crippen LogP contribution in [0.25, 0.3) is 0 Å². The van der Waals surface area contributed by atoms with Crippen molar-refractivity contribution in [3.8, 4) is 11.5 Å². The number of rotatable bonds is 2. The van der Waals surface area contributed by atoms with Crippen LogP contribution in [0.1, 0.15) is 34.8 Å². The van der Waals surface area contributed by atoms with E-state index in [9.17, 15) is 4.79 Å². The Hall–Kier alpha value is -2.47. The molecular formula is C22H25N3O3. The minimum absolute atomic E-state index is 0.166.